The number of halogens is 4. The van der Waals surface area contributed by atoms with Gasteiger partial charge in [-0.3, -0.25) is 19.1 Å². The fourth-order valence-corrected chi connectivity index (χ4v) is 4.66. The summed E-state index contributed by atoms with van der Waals surface area (Å²) in [5.41, 5.74) is 5.78. The summed E-state index contributed by atoms with van der Waals surface area (Å²) in [6.07, 6.45) is 0.688. The van der Waals surface area contributed by atoms with Crippen molar-refractivity contribution in [3.8, 4) is 11.3 Å². The monoisotopic (exact) mass is 561 g/mol. The van der Waals surface area contributed by atoms with Crippen molar-refractivity contribution in [2.24, 2.45) is 5.73 Å². The van der Waals surface area contributed by atoms with E-state index in [0.29, 0.717) is 37.4 Å². The van der Waals surface area contributed by atoms with E-state index in [-0.39, 0.29) is 39.6 Å². The number of hydrogen-bond donors (Lipinski definition) is 3. The number of rotatable bonds is 5. The van der Waals surface area contributed by atoms with Gasteiger partial charge in [0, 0.05) is 44.3 Å². The smallest absolute Gasteiger partial charge is 0.338 e. The van der Waals surface area contributed by atoms with E-state index in [9.17, 15) is 22.8 Å². The standard InChI is InChI=1S/C24H23ClF3N9O2/c1-13(29)22(38)35-6-8-36(9-7-35)23(39)15-3-2-14(10-17(15)25)33-20-21-31-12-18(37(21)5-4-30-20)16-11-32-34-19(16)24(26,27)28/h2-5,10-13H,6-9,29H2,1H3,(H,30,33)(H,32,34). The Bertz CT molecular complexity index is 1540. The van der Waals surface area contributed by atoms with Gasteiger partial charge in [0.05, 0.1) is 40.3 Å². The minimum absolute atomic E-state index is 0.152. The number of hydrogen-bond acceptors (Lipinski definition) is 7. The Hall–Kier alpha value is -4.17. The van der Waals surface area contributed by atoms with Crippen molar-refractivity contribution >= 4 is 40.6 Å². The number of nitrogens with zero attached hydrogens (tertiary/aromatic N) is 6. The van der Waals surface area contributed by atoms with Crippen molar-refractivity contribution < 1.29 is 22.8 Å². The third kappa shape index (κ3) is 5.12. The third-order valence-electron chi connectivity index (χ3n) is 6.36. The molecule has 0 aliphatic carbocycles. The molecule has 11 nitrogen and oxygen atoms in total. The van der Waals surface area contributed by atoms with Crippen LogP contribution in [0.3, 0.4) is 0 Å². The maximum Gasteiger partial charge on any atom is 0.433 e. The van der Waals surface area contributed by atoms with Gasteiger partial charge in [-0.05, 0) is 25.1 Å². The van der Waals surface area contributed by atoms with Crippen LogP contribution in [-0.4, -0.2) is 78.4 Å². The van der Waals surface area contributed by atoms with E-state index in [4.69, 9.17) is 17.3 Å². The van der Waals surface area contributed by atoms with Crippen molar-refractivity contribution in [1.29, 1.82) is 0 Å². The zero-order valence-electron chi connectivity index (χ0n) is 20.5. The fraction of sp³-hybridized carbons (Fsp3) is 0.292. The summed E-state index contributed by atoms with van der Waals surface area (Å²) in [4.78, 5) is 36.9. The molecule has 1 aliphatic rings. The number of imidazole rings is 1. The summed E-state index contributed by atoms with van der Waals surface area (Å²) in [7, 11) is 0. The molecule has 0 saturated carbocycles. The summed E-state index contributed by atoms with van der Waals surface area (Å²) in [5.74, 6) is -0.154. The van der Waals surface area contributed by atoms with Crippen LogP contribution in [0.1, 0.15) is 23.0 Å². The number of benzene rings is 1. The van der Waals surface area contributed by atoms with Crippen molar-refractivity contribution in [3.05, 3.63) is 59.3 Å². The lowest BCUT2D eigenvalue weighted by atomic mass is 10.1. The van der Waals surface area contributed by atoms with Gasteiger partial charge in [0.15, 0.2) is 11.5 Å². The topological polar surface area (TPSA) is 138 Å². The number of carbonyl (C=O) groups excluding carboxylic acids is 2. The van der Waals surface area contributed by atoms with Gasteiger partial charge < -0.3 is 20.9 Å². The number of nitrogens with one attached hydrogen (secondary N) is 2. The first-order chi connectivity index (χ1) is 18.5. The Morgan fingerprint density at radius 1 is 1.13 bits per heavy atom. The largest absolute Gasteiger partial charge is 0.433 e. The summed E-state index contributed by atoms with van der Waals surface area (Å²) < 4.78 is 41.6. The first-order valence-electron chi connectivity index (χ1n) is 11.9. The molecular weight excluding hydrogens is 539 g/mol. The maximum atomic E-state index is 13.4. The molecule has 0 radical (unpaired) electrons. The number of aromatic amines is 1. The Morgan fingerprint density at radius 3 is 2.51 bits per heavy atom. The number of carbonyl (C=O) groups is 2. The number of anilines is 2. The molecule has 3 aromatic heterocycles. The van der Waals surface area contributed by atoms with E-state index in [2.05, 4.69) is 20.4 Å². The molecule has 15 heteroatoms. The van der Waals surface area contributed by atoms with Crippen molar-refractivity contribution in [2.75, 3.05) is 31.5 Å². The molecule has 0 spiro atoms. The molecule has 4 aromatic rings. The maximum absolute atomic E-state index is 13.4. The minimum Gasteiger partial charge on any atom is -0.338 e. The van der Waals surface area contributed by atoms with E-state index in [1.807, 2.05) is 5.10 Å². The molecule has 204 valence electrons. The van der Waals surface area contributed by atoms with Gasteiger partial charge in [-0.2, -0.15) is 18.3 Å². The average Bonchev–Trinajstić information content (AvgIpc) is 3.56. The Kier molecular flexibility index (Phi) is 6.91. The summed E-state index contributed by atoms with van der Waals surface area (Å²) >= 11 is 6.45. The van der Waals surface area contributed by atoms with Crippen LogP contribution in [0, 0.1) is 0 Å². The highest BCUT2D eigenvalue weighted by molar-refractivity contribution is 6.34. The quantitative estimate of drug-likeness (QED) is 0.340. The van der Waals surface area contributed by atoms with Gasteiger partial charge in [-0.1, -0.05) is 11.6 Å². The Labute approximate surface area is 224 Å². The van der Waals surface area contributed by atoms with Crippen LogP contribution in [0.2, 0.25) is 5.02 Å². The highest BCUT2D eigenvalue weighted by Gasteiger charge is 2.36. The molecular formula is C24H23ClF3N9O2. The van der Waals surface area contributed by atoms with E-state index in [0.717, 1.165) is 6.20 Å². The highest BCUT2D eigenvalue weighted by atomic mass is 35.5. The number of amides is 2. The summed E-state index contributed by atoms with van der Waals surface area (Å²) in [6, 6.07) is 4.17. The van der Waals surface area contributed by atoms with Crippen molar-refractivity contribution in [2.45, 2.75) is 19.1 Å². The van der Waals surface area contributed by atoms with Crippen LogP contribution in [0.15, 0.2) is 43.0 Å². The van der Waals surface area contributed by atoms with Gasteiger partial charge in [0.1, 0.15) is 5.69 Å². The third-order valence-corrected chi connectivity index (χ3v) is 6.67. The predicted octanol–water partition coefficient (Wildman–Crippen LogP) is 3.17. The van der Waals surface area contributed by atoms with Gasteiger partial charge >= 0.3 is 6.18 Å². The fourth-order valence-electron chi connectivity index (χ4n) is 4.39. The predicted molar refractivity (Wildman–Crippen MR) is 136 cm³/mol. The molecule has 1 fully saturated rings. The van der Waals surface area contributed by atoms with Crippen LogP contribution in [0.4, 0.5) is 24.7 Å². The lowest BCUT2D eigenvalue weighted by Crippen LogP contribution is -2.53. The molecule has 4 heterocycles. The second-order valence-corrected chi connectivity index (χ2v) is 9.40. The van der Waals surface area contributed by atoms with Crippen molar-refractivity contribution in [1.82, 2.24) is 34.4 Å². The van der Waals surface area contributed by atoms with E-state index < -0.39 is 17.9 Å². The lowest BCUT2D eigenvalue weighted by molar-refractivity contribution is -0.140. The van der Waals surface area contributed by atoms with Crippen LogP contribution in [0.5, 0.6) is 0 Å². The molecule has 5 rings (SSSR count). The number of H-pyrrole nitrogens is 1. The molecule has 39 heavy (non-hydrogen) atoms. The van der Waals surface area contributed by atoms with Crippen molar-refractivity contribution in [3.63, 3.8) is 0 Å². The molecule has 1 unspecified atom stereocenters. The molecule has 1 saturated heterocycles. The van der Waals surface area contributed by atoms with E-state index >= 15 is 0 Å². The number of piperazine rings is 1. The van der Waals surface area contributed by atoms with Gasteiger partial charge in [0.25, 0.3) is 5.91 Å². The van der Waals surface area contributed by atoms with E-state index in [1.165, 1.54) is 23.0 Å². The Morgan fingerprint density at radius 2 is 1.85 bits per heavy atom. The second kappa shape index (κ2) is 10.2. The molecule has 1 atom stereocenters. The number of nitrogens with two attached hydrogens (primary N) is 1. The van der Waals surface area contributed by atoms with Crippen LogP contribution < -0.4 is 11.1 Å². The summed E-state index contributed by atoms with van der Waals surface area (Å²) in [5, 5.41) is 8.79. The zero-order chi connectivity index (χ0) is 27.9. The Balaban J connectivity index is 1.34. The molecule has 0 bridgehead atoms. The molecule has 1 aromatic carbocycles. The summed E-state index contributed by atoms with van der Waals surface area (Å²) in [6.45, 7) is 3.10. The molecule has 4 N–H and O–H groups in total. The first-order valence-corrected chi connectivity index (χ1v) is 12.3. The first kappa shape index (κ1) is 26.4. The highest BCUT2D eigenvalue weighted by Crippen LogP contribution is 2.36. The van der Waals surface area contributed by atoms with Crippen LogP contribution >= 0.6 is 11.6 Å². The normalized spacial score (nSPS) is 15.0. The number of fused-ring (bicyclic) bond motifs is 1. The zero-order valence-corrected chi connectivity index (χ0v) is 21.3. The SMILES string of the molecule is CC(N)C(=O)N1CCN(C(=O)c2ccc(Nc3nccn4c(-c5cn[nH]c5C(F)(F)F)cnc34)cc2Cl)CC1. The lowest BCUT2D eigenvalue weighted by Gasteiger charge is -2.35. The molecule has 2 amide bonds. The van der Waals surface area contributed by atoms with Crippen LogP contribution in [0.25, 0.3) is 16.9 Å². The average molecular weight is 562 g/mol. The molecule has 1 aliphatic heterocycles. The van der Waals surface area contributed by atoms with E-state index in [1.54, 1.807) is 34.9 Å². The van der Waals surface area contributed by atoms with Gasteiger partial charge in [-0.25, -0.2) is 9.97 Å². The van der Waals surface area contributed by atoms with Gasteiger partial charge in [0.2, 0.25) is 5.91 Å². The second-order valence-electron chi connectivity index (χ2n) is 9.00. The number of alkyl halides is 3. The van der Waals surface area contributed by atoms with Crippen LogP contribution in [-0.2, 0) is 11.0 Å². The minimum atomic E-state index is -4.62. The van der Waals surface area contributed by atoms with Gasteiger partial charge in [-0.15, -0.1) is 0 Å². The number of aromatic nitrogens is 5.